The Labute approximate surface area is 111 Å². The molecule has 0 radical (unpaired) electrons. The zero-order valence-corrected chi connectivity index (χ0v) is 11.2. The van der Waals surface area contributed by atoms with Crippen LogP contribution >= 0.6 is 31.9 Å². The Morgan fingerprint density at radius 2 is 1.88 bits per heavy atom. The molecule has 0 aliphatic rings. The lowest BCUT2D eigenvalue weighted by Crippen LogP contribution is -2.07. The number of carbonyl (C=O) groups is 1. The van der Waals surface area contributed by atoms with Gasteiger partial charge in [-0.2, -0.15) is 0 Å². The topological polar surface area (TPSA) is 87.7 Å². The molecular formula is C10H4Br2O5. The fourth-order valence-corrected chi connectivity index (χ4v) is 2.60. The van der Waals surface area contributed by atoms with Crippen molar-refractivity contribution in [2.75, 3.05) is 0 Å². The van der Waals surface area contributed by atoms with E-state index in [0.717, 1.165) is 6.07 Å². The van der Waals surface area contributed by atoms with Crippen LogP contribution in [0.1, 0.15) is 10.6 Å². The molecule has 1 aromatic carbocycles. The van der Waals surface area contributed by atoms with E-state index < -0.39 is 17.2 Å². The molecule has 0 fully saturated rings. The summed E-state index contributed by atoms with van der Waals surface area (Å²) in [5.74, 6) is -2.11. The molecular weight excluding hydrogens is 360 g/mol. The van der Waals surface area contributed by atoms with Gasteiger partial charge < -0.3 is 14.6 Å². The molecule has 7 heteroatoms. The van der Waals surface area contributed by atoms with Gasteiger partial charge in [-0.1, -0.05) is 0 Å². The first-order valence-electron chi connectivity index (χ1n) is 4.30. The number of fused-ring (bicyclic) bond motifs is 1. The van der Waals surface area contributed by atoms with Gasteiger partial charge in [-0.3, -0.25) is 4.79 Å². The zero-order valence-electron chi connectivity index (χ0n) is 8.03. The van der Waals surface area contributed by atoms with E-state index in [4.69, 9.17) is 9.52 Å². The van der Waals surface area contributed by atoms with Gasteiger partial charge in [-0.05, 0) is 37.9 Å². The first kappa shape index (κ1) is 12.1. The third kappa shape index (κ3) is 1.96. The molecule has 0 saturated carbocycles. The minimum atomic E-state index is -1.35. The highest BCUT2D eigenvalue weighted by Gasteiger charge is 2.17. The van der Waals surface area contributed by atoms with Crippen LogP contribution in [0.15, 0.2) is 30.3 Å². The Hall–Kier alpha value is -1.34. The molecule has 2 aromatic rings. The predicted octanol–water partition coefficient (Wildman–Crippen LogP) is 2.72. The van der Waals surface area contributed by atoms with Crippen molar-refractivity contribution in [2.24, 2.45) is 0 Å². The van der Waals surface area contributed by atoms with Gasteiger partial charge in [0.2, 0.25) is 5.76 Å². The highest BCUT2D eigenvalue weighted by molar-refractivity contribution is 9.11. The number of aromatic hydroxyl groups is 1. The van der Waals surface area contributed by atoms with Crippen LogP contribution in [0, 0.1) is 0 Å². The molecule has 0 spiro atoms. The number of carboxylic acids is 1. The second-order valence-corrected chi connectivity index (χ2v) is 4.88. The molecule has 17 heavy (non-hydrogen) atoms. The fraction of sp³-hybridized carbons (Fsp3) is 0. The van der Waals surface area contributed by atoms with Crippen LogP contribution in [0.2, 0.25) is 0 Å². The van der Waals surface area contributed by atoms with Crippen LogP contribution in [-0.4, -0.2) is 16.2 Å². The minimum Gasteiger partial charge on any atom is -0.506 e. The molecule has 0 amide bonds. The van der Waals surface area contributed by atoms with Crippen molar-refractivity contribution < 1.29 is 19.4 Å². The highest BCUT2D eigenvalue weighted by atomic mass is 79.9. The third-order valence-corrected chi connectivity index (χ3v) is 3.29. The zero-order chi connectivity index (χ0) is 12.7. The maximum Gasteiger partial charge on any atom is 0.371 e. The van der Waals surface area contributed by atoms with E-state index in [1.165, 1.54) is 6.07 Å². The van der Waals surface area contributed by atoms with E-state index in [0.29, 0.717) is 8.95 Å². The van der Waals surface area contributed by atoms with Crippen molar-refractivity contribution in [2.45, 2.75) is 0 Å². The van der Waals surface area contributed by atoms with Gasteiger partial charge in [-0.25, -0.2) is 4.79 Å². The van der Waals surface area contributed by atoms with Crippen LogP contribution in [0.3, 0.4) is 0 Å². The summed E-state index contributed by atoms with van der Waals surface area (Å²) >= 11 is 6.20. The lowest BCUT2D eigenvalue weighted by atomic mass is 10.2. The number of rotatable bonds is 1. The maximum atomic E-state index is 11.7. The van der Waals surface area contributed by atoms with E-state index >= 15 is 0 Å². The van der Waals surface area contributed by atoms with E-state index in [-0.39, 0.29) is 16.7 Å². The van der Waals surface area contributed by atoms with Crippen molar-refractivity contribution in [1.29, 1.82) is 0 Å². The van der Waals surface area contributed by atoms with Crippen LogP contribution in [-0.2, 0) is 0 Å². The molecule has 0 atom stereocenters. The minimum absolute atomic E-state index is 0.00407. The molecule has 0 aliphatic heterocycles. The summed E-state index contributed by atoms with van der Waals surface area (Å²) in [6.07, 6.45) is 0. The smallest absolute Gasteiger partial charge is 0.371 e. The van der Waals surface area contributed by atoms with Crippen molar-refractivity contribution >= 4 is 48.8 Å². The molecule has 0 unspecified atom stereocenters. The van der Waals surface area contributed by atoms with Gasteiger partial charge in [0.1, 0.15) is 11.1 Å². The first-order chi connectivity index (χ1) is 7.91. The maximum absolute atomic E-state index is 11.7. The summed E-state index contributed by atoms with van der Waals surface area (Å²) in [4.78, 5) is 22.4. The van der Waals surface area contributed by atoms with Gasteiger partial charge >= 0.3 is 5.97 Å². The van der Waals surface area contributed by atoms with Gasteiger partial charge in [0.25, 0.3) is 0 Å². The van der Waals surface area contributed by atoms with E-state index in [1.54, 1.807) is 0 Å². The second kappa shape index (κ2) is 4.15. The second-order valence-electron chi connectivity index (χ2n) is 3.17. The van der Waals surface area contributed by atoms with Crippen molar-refractivity contribution in [3.8, 4) is 5.75 Å². The van der Waals surface area contributed by atoms with Crippen molar-refractivity contribution in [3.05, 3.63) is 37.1 Å². The molecule has 2 N–H and O–H groups in total. The Kier molecular flexibility index (Phi) is 2.96. The summed E-state index contributed by atoms with van der Waals surface area (Å²) < 4.78 is 5.73. The molecule has 1 heterocycles. The van der Waals surface area contributed by atoms with E-state index in [1.807, 2.05) is 0 Å². The van der Waals surface area contributed by atoms with Crippen LogP contribution in [0.25, 0.3) is 11.0 Å². The molecule has 0 saturated heterocycles. The number of hydrogen-bond donors (Lipinski definition) is 2. The van der Waals surface area contributed by atoms with E-state index in [9.17, 15) is 14.7 Å². The average Bonchev–Trinajstić information content (AvgIpc) is 2.25. The number of aromatic carboxylic acids is 1. The Morgan fingerprint density at radius 1 is 1.24 bits per heavy atom. The summed E-state index contributed by atoms with van der Waals surface area (Å²) in [6, 6.07) is 2.29. The number of phenols is 1. The summed E-state index contributed by atoms with van der Waals surface area (Å²) in [6.45, 7) is 0. The van der Waals surface area contributed by atoms with Crippen molar-refractivity contribution in [3.63, 3.8) is 0 Å². The molecule has 88 valence electrons. The van der Waals surface area contributed by atoms with Gasteiger partial charge in [0.05, 0.1) is 8.95 Å². The summed E-state index contributed by atoms with van der Waals surface area (Å²) in [7, 11) is 0. The van der Waals surface area contributed by atoms with Crippen LogP contribution in [0.4, 0.5) is 0 Å². The fourth-order valence-electron chi connectivity index (χ4n) is 1.36. The molecule has 5 nitrogen and oxygen atoms in total. The Morgan fingerprint density at radius 3 is 2.47 bits per heavy atom. The first-order valence-corrected chi connectivity index (χ1v) is 5.88. The lowest BCUT2D eigenvalue weighted by Gasteiger charge is -2.05. The Balaban J connectivity index is 3.01. The summed E-state index contributed by atoms with van der Waals surface area (Å²) in [5, 5.41) is 18.4. The number of benzene rings is 1. The van der Waals surface area contributed by atoms with Crippen LogP contribution in [0.5, 0.6) is 5.75 Å². The largest absolute Gasteiger partial charge is 0.506 e. The predicted molar refractivity (Wildman–Crippen MR) is 66.5 cm³/mol. The number of halogens is 2. The molecule has 0 bridgehead atoms. The standard InChI is InChI=1S/C10H4Br2O5/c11-3-1-4(12)9-7(8(3)14)5(13)2-6(17-9)10(15)16/h1-2,14H,(H,15,16). The average molecular weight is 364 g/mol. The SMILES string of the molecule is O=C(O)c1cc(=O)c2c(O)c(Br)cc(Br)c2o1. The number of hydrogen-bond acceptors (Lipinski definition) is 4. The molecule has 0 aliphatic carbocycles. The monoisotopic (exact) mass is 362 g/mol. The number of carboxylic acid groups (broad SMARTS) is 1. The lowest BCUT2D eigenvalue weighted by molar-refractivity contribution is 0.0663. The normalized spacial score (nSPS) is 10.7. The molecule has 2 rings (SSSR count). The highest BCUT2D eigenvalue weighted by Crippen LogP contribution is 2.36. The van der Waals surface area contributed by atoms with Gasteiger partial charge in [0, 0.05) is 6.07 Å². The number of phenolic OH excluding ortho intramolecular Hbond substituents is 1. The summed E-state index contributed by atoms with van der Waals surface area (Å²) in [5.41, 5.74) is -0.626. The van der Waals surface area contributed by atoms with Gasteiger partial charge in [0.15, 0.2) is 11.0 Å². The Bertz CT molecular complexity index is 689. The van der Waals surface area contributed by atoms with E-state index in [2.05, 4.69) is 31.9 Å². The van der Waals surface area contributed by atoms with Crippen molar-refractivity contribution in [1.82, 2.24) is 0 Å². The quantitative estimate of drug-likeness (QED) is 0.813. The molecule has 1 aromatic heterocycles. The third-order valence-electron chi connectivity index (χ3n) is 2.09. The van der Waals surface area contributed by atoms with Gasteiger partial charge in [-0.15, -0.1) is 0 Å². The van der Waals surface area contributed by atoms with Crippen LogP contribution < -0.4 is 5.43 Å².